The van der Waals surface area contributed by atoms with Gasteiger partial charge in [0.1, 0.15) is 6.10 Å². The molecule has 0 radical (unpaired) electrons. The first-order valence-corrected chi connectivity index (χ1v) is 5.09. The topological polar surface area (TPSA) is 64.6 Å². The molecule has 0 bridgehead atoms. The number of esters is 1. The number of carbonyl (C=O) groups is 2. The Labute approximate surface area is 101 Å². The summed E-state index contributed by atoms with van der Waals surface area (Å²) in [5.41, 5.74) is 0. The third-order valence-electron chi connectivity index (χ3n) is 2.25. The van der Waals surface area contributed by atoms with Crippen LogP contribution < -0.4 is 5.32 Å². The van der Waals surface area contributed by atoms with E-state index in [-0.39, 0.29) is 0 Å². The number of nitrogens with one attached hydrogen (secondary N) is 1. The largest absolute Gasteiger partial charge is 0.495 e. The maximum atomic E-state index is 12.1. The van der Waals surface area contributed by atoms with E-state index < -0.39 is 36.3 Å². The number of alkyl halides is 3. The SMILES string of the molecule is CC(=O)OC1C(NC(=O)C(F)(F)F)C=COC1C. The third-order valence-corrected chi connectivity index (χ3v) is 2.25. The van der Waals surface area contributed by atoms with Crippen LogP contribution >= 0.6 is 0 Å². The van der Waals surface area contributed by atoms with E-state index in [1.165, 1.54) is 13.0 Å². The van der Waals surface area contributed by atoms with Gasteiger partial charge in [0.05, 0.1) is 12.3 Å². The number of hydrogen-bond acceptors (Lipinski definition) is 4. The minimum Gasteiger partial charge on any atom is -0.495 e. The van der Waals surface area contributed by atoms with E-state index in [9.17, 15) is 22.8 Å². The molecule has 1 rings (SSSR count). The monoisotopic (exact) mass is 267 g/mol. The van der Waals surface area contributed by atoms with Gasteiger partial charge in [-0.1, -0.05) is 0 Å². The molecule has 1 aliphatic heterocycles. The van der Waals surface area contributed by atoms with E-state index in [0.29, 0.717) is 0 Å². The van der Waals surface area contributed by atoms with Crippen molar-refractivity contribution < 1.29 is 32.2 Å². The fourth-order valence-corrected chi connectivity index (χ4v) is 1.46. The van der Waals surface area contributed by atoms with Crippen LogP contribution in [-0.4, -0.2) is 36.3 Å². The molecular weight excluding hydrogens is 255 g/mol. The van der Waals surface area contributed by atoms with Crippen LogP contribution in [0.2, 0.25) is 0 Å². The van der Waals surface area contributed by atoms with Gasteiger partial charge in [-0.2, -0.15) is 13.2 Å². The molecule has 5 nitrogen and oxygen atoms in total. The molecule has 18 heavy (non-hydrogen) atoms. The van der Waals surface area contributed by atoms with Gasteiger partial charge in [-0.25, -0.2) is 0 Å². The highest BCUT2D eigenvalue weighted by Gasteiger charge is 2.42. The van der Waals surface area contributed by atoms with Crippen LogP contribution in [0.4, 0.5) is 13.2 Å². The first-order valence-electron chi connectivity index (χ1n) is 5.09. The molecule has 1 amide bonds. The Balaban J connectivity index is 2.77. The zero-order valence-electron chi connectivity index (χ0n) is 9.65. The Morgan fingerprint density at radius 3 is 2.50 bits per heavy atom. The Hall–Kier alpha value is -1.73. The number of ether oxygens (including phenoxy) is 2. The van der Waals surface area contributed by atoms with Crippen LogP contribution in [0, 0.1) is 0 Å². The van der Waals surface area contributed by atoms with Crippen molar-refractivity contribution in [2.24, 2.45) is 0 Å². The molecule has 3 atom stereocenters. The molecule has 0 fully saturated rings. The highest BCUT2D eigenvalue weighted by molar-refractivity contribution is 5.82. The lowest BCUT2D eigenvalue weighted by Crippen LogP contribution is -2.53. The van der Waals surface area contributed by atoms with E-state index in [1.54, 1.807) is 5.32 Å². The third kappa shape index (κ3) is 3.64. The van der Waals surface area contributed by atoms with Crippen LogP contribution in [0.3, 0.4) is 0 Å². The van der Waals surface area contributed by atoms with Crippen molar-refractivity contribution in [3.05, 3.63) is 12.3 Å². The molecule has 102 valence electrons. The van der Waals surface area contributed by atoms with Crippen LogP contribution in [0.1, 0.15) is 13.8 Å². The quantitative estimate of drug-likeness (QED) is 0.755. The molecule has 0 aromatic heterocycles. The van der Waals surface area contributed by atoms with Crippen molar-refractivity contribution in [2.45, 2.75) is 38.3 Å². The minimum absolute atomic E-state index is 0.655. The van der Waals surface area contributed by atoms with E-state index in [0.717, 1.165) is 13.2 Å². The lowest BCUT2D eigenvalue weighted by atomic mass is 10.0. The minimum atomic E-state index is -4.99. The van der Waals surface area contributed by atoms with Gasteiger partial charge < -0.3 is 14.8 Å². The van der Waals surface area contributed by atoms with Gasteiger partial charge in [-0.15, -0.1) is 0 Å². The predicted octanol–water partition coefficient (Wildman–Crippen LogP) is 0.898. The first-order chi connectivity index (χ1) is 8.21. The van der Waals surface area contributed by atoms with Gasteiger partial charge in [0.25, 0.3) is 0 Å². The Bertz CT molecular complexity index is 367. The Morgan fingerprint density at radius 2 is 2.00 bits per heavy atom. The molecule has 0 aromatic rings. The standard InChI is InChI=1S/C10H12F3NO4/c1-5-8(18-6(2)15)7(3-4-17-5)14-9(16)10(11,12)13/h3-5,7-8H,1-2H3,(H,14,16). The molecule has 0 saturated heterocycles. The van der Waals surface area contributed by atoms with E-state index >= 15 is 0 Å². The van der Waals surface area contributed by atoms with Crippen LogP contribution in [0.5, 0.6) is 0 Å². The number of hydrogen-bond donors (Lipinski definition) is 1. The van der Waals surface area contributed by atoms with Gasteiger partial charge in [0.2, 0.25) is 0 Å². The van der Waals surface area contributed by atoms with Crippen molar-refractivity contribution in [1.29, 1.82) is 0 Å². The predicted molar refractivity (Wildman–Crippen MR) is 53.2 cm³/mol. The summed E-state index contributed by atoms with van der Waals surface area (Å²) in [6, 6.07) is -1.08. The van der Waals surface area contributed by atoms with Gasteiger partial charge in [-0.3, -0.25) is 9.59 Å². The van der Waals surface area contributed by atoms with Crippen LogP contribution in [0.25, 0.3) is 0 Å². The molecule has 3 unspecified atom stereocenters. The van der Waals surface area contributed by atoms with Crippen LogP contribution in [0.15, 0.2) is 12.3 Å². The number of amides is 1. The molecule has 8 heteroatoms. The summed E-state index contributed by atoms with van der Waals surface area (Å²) < 4.78 is 46.2. The average molecular weight is 267 g/mol. The van der Waals surface area contributed by atoms with Crippen molar-refractivity contribution in [3.63, 3.8) is 0 Å². The summed E-state index contributed by atoms with van der Waals surface area (Å²) in [4.78, 5) is 21.7. The molecule has 0 aliphatic carbocycles. The summed E-state index contributed by atoms with van der Waals surface area (Å²) in [6.45, 7) is 2.64. The zero-order valence-corrected chi connectivity index (χ0v) is 9.65. The Kier molecular flexibility index (Phi) is 4.20. The molecule has 0 aromatic carbocycles. The first kappa shape index (κ1) is 14.3. The van der Waals surface area contributed by atoms with Crippen molar-refractivity contribution in [3.8, 4) is 0 Å². The van der Waals surface area contributed by atoms with E-state index in [4.69, 9.17) is 9.47 Å². The second kappa shape index (κ2) is 5.28. The van der Waals surface area contributed by atoms with Gasteiger partial charge in [0.15, 0.2) is 6.10 Å². The van der Waals surface area contributed by atoms with Crippen molar-refractivity contribution in [1.82, 2.24) is 5.32 Å². The molecule has 1 heterocycles. The van der Waals surface area contributed by atoms with E-state index in [1.807, 2.05) is 0 Å². The summed E-state index contributed by atoms with van der Waals surface area (Å²) in [5.74, 6) is -2.76. The van der Waals surface area contributed by atoms with Crippen molar-refractivity contribution in [2.75, 3.05) is 0 Å². The molecule has 1 aliphatic rings. The fraction of sp³-hybridized carbons (Fsp3) is 0.600. The second-order valence-electron chi connectivity index (χ2n) is 3.74. The summed E-state index contributed by atoms with van der Waals surface area (Å²) in [5, 5.41) is 1.74. The summed E-state index contributed by atoms with van der Waals surface area (Å²) in [6.07, 6.45) is -4.30. The van der Waals surface area contributed by atoms with Gasteiger partial charge in [0, 0.05) is 6.92 Å². The molecule has 0 saturated carbocycles. The van der Waals surface area contributed by atoms with Crippen molar-refractivity contribution >= 4 is 11.9 Å². The lowest BCUT2D eigenvalue weighted by Gasteiger charge is -2.32. The number of carbonyl (C=O) groups excluding carboxylic acids is 2. The molecule has 0 spiro atoms. The highest BCUT2D eigenvalue weighted by Crippen LogP contribution is 2.19. The molecular formula is C10H12F3NO4. The zero-order chi connectivity index (χ0) is 13.9. The van der Waals surface area contributed by atoms with Gasteiger partial charge in [-0.05, 0) is 13.0 Å². The maximum Gasteiger partial charge on any atom is 0.471 e. The Morgan fingerprint density at radius 1 is 1.39 bits per heavy atom. The normalized spacial score (nSPS) is 27.3. The number of rotatable bonds is 2. The summed E-state index contributed by atoms with van der Waals surface area (Å²) in [7, 11) is 0. The van der Waals surface area contributed by atoms with Gasteiger partial charge >= 0.3 is 18.1 Å². The summed E-state index contributed by atoms with van der Waals surface area (Å²) >= 11 is 0. The average Bonchev–Trinajstić information content (AvgIpc) is 2.21. The van der Waals surface area contributed by atoms with E-state index in [2.05, 4.69) is 0 Å². The smallest absolute Gasteiger partial charge is 0.471 e. The maximum absolute atomic E-state index is 12.1. The van der Waals surface area contributed by atoms with Crippen LogP contribution in [-0.2, 0) is 19.1 Å². The highest BCUT2D eigenvalue weighted by atomic mass is 19.4. The fourth-order valence-electron chi connectivity index (χ4n) is 1.46. The molecule has 1 N–H and O–H groups in total. The lowest BCUT2D eigenvalue weighted by molar-refractivity contribution is -0.176. The number of halogens is 3. The second-order valence-corrected chi connectivity index (χ2v) is 3.74.